The van der Waals surface area contributed by atoms with Crippen molar-refractivity contribution in [1.29, 1.82) is 5.26 Å². The number of rotatable bonds is 2. The third-order valence-corrected chi connectivity index (χ3v) is 7.98. The van der Waals surface area contributed by atoms with Crippen molar-refractivity contribution in [2.75, 3.05) is 44.7 Å². The van der Waals surface area contributed by atoms with Gasteiger partial charge < -0.3 is 19.9 Å². The SMILES string of the molecule is CN1CCN2c3ccc(-c4n[nH]c5cc(C#N)c(-c6c(F)ccc7c6CCNC7)cc45)cc3OCC2C1. The van der Waals surface area contributed by atoms with E-state index in [9.17, 15) is 5.26 Å². The fourth-order valence-corrected chi connectivity index (χ4v) is 6.10. The van der Waals surface area contributed by atoms with Crippen LogP contribution < -0.4 is 15.0 Å². The average molecular weight is 495 g/mol. The van der Waals surface area contributed by atoms with Crippen molar-refractivity contribution < 1.29 is 9.13 Å². The van der Waals surface area contributed by atoms with Gasteiger partial charge in [-0.15, -0.1) is 0 Å². The molecule has 186 valence electrons. The predicted octanol–water partition coefficient (Wildman–Crippen LogP) is 4.07. The first kappa shape index (κ1) is 22.3. The van der Waals surface area contributed by atoms with E-state index in [1.54, 1.807) is 6.07 Å². The number of aromatic nitrogens is 2. The monoisotopic (exact) mass is 494 g/mol. The smallest absolute Gasteiger partial charge is 0.143 e. The maximum absolute atomic E-state index is 15.3. The molecule has 1 saturated heterocycles. The minimum absolute atomic E-state index is 0.301. The Hall–Kier alpha value is -3.93. The minimum Gasteiger partial charge on any atom is -0.489 e. The van der Waals surface area contributed by atoms with Gasteiger partial charge in [-0.2, -0.15) is 10.4 Å². The standard InChI is InChI=1S/C29H27FN6O/c1-35-8-9-36-20(15-35)16-37-27-11-17(3-5-26(27)36)29-23-12-22(19(13-31)10-25(23)33-34-29)28-21-6-7-32-14-18(21)2-4-24(28)30/h2-5,10-12,20,32H,6-9,14-16H2,1H3,(H,33,34). The summed E-state index contributed by atoms with van der Waals surface area (Å²) in [5, 5.41) is 21.9. The molecule has 7 rings (SSSR count). The molecule has 0 bridgehead atoms. The zero-order valence-electron chi connectivity index (χ0n) is 20.6. The highest BCUT2D eigenvalue weighted by molar-refractivity contribution is 5.98. The zero-order chi connectivity index (χ0) is 25.1. The van der Waals surface area contributed by atoms with Crippen LogP contribution in [0.5, 0.6) is 5.75 Å². The molecule has 3 aromatic carbocycles. The number of nitrogens with zero attached hydrogens (tertiary/aromatic N) is 4. The summed E-state index contributed by atoms with van der Waals surface area (Å²) in [7, 11) is 2.15. The summed E-state index contributed by atoms with van der Waals surface area (Å²) >= 11 is 0. The third kappa shape index (κ3) is 3.57. The van der Waals surface area contributed by atoms with Crippen LogP contribution in [0.4, 0.5) is 10.1 Å². The second kappa shape index (κ2) is 8.58. The van der Waals surface area contributed by atoms with Gasteiger partial charge in [0.2, 0.25) is 0 Å². The van der Waals surface area contributed by atoms with Crippen molar-refractivity contribution in [2.24, 2.45) is 0 Å². The van der Waals surface area contributed by atoms with Crippen LogP contribution in [0.1, 0.15) is 16.7 Å². The second-order valence-electron chi connectivity index (χ2n) is 10.2. The number of H-pyrrole nitrogens is 1. The first-order chi connectivity index (χ1) is 18.1. The molecular formula is C29H27FN6O. The van der Waals surface area contributed by atoms with E-state index in [0.717, 1.165) is 77.3 Å². The summed E-state index contributed by atoms with van der Waals surface area (Å²) in [6.07, 6.45) is 0.721. The lowest BCUT2D eigenvalue weighted by Gasteiger charge is -2.44. The molecular weight excluding hydrogens is 467 g/mol. The Labute approximate surface area is 214 Å². The van der Waals surface area contributed by atoms with Gasteiger partial charge in [0.15, 0.2) is 0 Å². The molecule has 37 heavy (non-hydrogen) atoms. The molecule has 0 spiro atoms. The number of nitriles is 1. The molecule has 4 aromatic rings. The molecule has 0 radical (unpaired) electrons. The van der Waals surface area contributed by atoms with Gasteiger partial charge in [0.1, 0.15) is 23.9 Å². The lowest BCUT2D eigenvalue weighted by molar-refractivity contribution is 0.188. The topological polar surface area (TPSA) is 80.2 Å². The molecule has 1 unspecified atom stereocenters. The van der Waals surface area contributed by atoms with Gasteiger partial charge >= 0.3 is 0 Å². The Morgan fingerprint density at radius 2 is 2.08 bits per heavy atom. The van der Waals surface area contributed by atoms with E-state index in [4.69, 9.17) is 4.74 Å². The zero-order valence-corrected chi connectivity index (χ0v) is 20.6. The molecule has 3 aliphatic rings. The van der Waals surface area contributed by atoms with Gasteiger partial charge in [-0.25, -0.2) is 4.39 Å². The molecule has 1 atom stereocenters. The van der Waals surface area contributed by atoms with Crippen molar-refractivity contribution in [3.63, 3.8) is 0 Å². The van der Waals surface area contributed by atoms with Gasteiger partial charge in [-0.3, -0.25) is 5.10 Å². The fraction of sp³-hybridized carbons (Fsp3) is 0.310. The maximum atomic E-state index is 15.3. The van der Waals surface area contributed by atoms with Gasteiger partial charge in [0.25, 0.3) is 0 Å². The maximum Gasteiger partial charge on any atom is 0.143 e. The van der Waals surface area contributed by atoms with Crippen LogP contribution in [-0.4, -0.2) is 61.0 Å². The second-order valence-corrected chi connectivity index (χ2v) is 10.2. The lowest BCUT2D eigenvalue weighted by Crippen LogP contribution is -2.56. The van der Waals surface area contributed by atoms with Crippen LogP contribution in [0.2, 0.25) is 0 Å². The lowest BCUT2D eigenvalue weighted by atomic mass is 9.88. The van der Waals surface area contributed by atoms with Gasteiger partial charge in [0, 0.05) is 48.3 Å². The summed E-state index contributed by atoms with van der Waals surface area (Å²) in [6.45, 7) is 5.14. The Kier molecular flexibility index (Phi) is 5.17. The van der Waals surface area contributed by atoms with Gasteiger partial charge in [-0.05, 0) is 61.5 Å². The van der Waals surface area contributed by atoms with Gasteiger partial charge in [0.05, 0.1) is 28.9 Å². The molecule has 7 nitrogen and oxygen atoms in total. The Morgan fingerprint density at radius 1 is 1.16 bits per heavy atom. The third-order valence-electron chi connectivity index (χ3n) is 7.98. The van der Waals surface area contributed by atoms with Crippen molar-refractivity contribution >= 4 is 16.6 Å². The number of likely N-dealkylation sites (N-methyl/N-ethyl adjacent to an activating group) is 1. The van der Waals surface area contributed by atoms with E-state index >= 15 is 4.39 Å². The summed E-state index contributed by atoms with van der Waals surface area (Å²) < 4.78 is 21.5. The number of halogens is 1. The van der Waals surface area contributed by atoms with Crippen molar-refractivity contribution in [2.45, 2.75) is 19.0 Å². The molecule has 4 heterocycles. The first-order valence-electron chi connectivity index (χ1n) is 12.8. The van der Waals surface area contributed by atoms with Crippen molar-refractivity contribution in [1.82, 2.24) is 20.4 Å². The normalized spacial score (nSPS) is 19.1. The summed E-state index contributed by atoms with van der Waals surface area (Å²) in [5.41, 5.74) is 7.18. The van der Waals surface area contributed by atoms with E-state index < -0.39 is 0 Å². The van der Waals surface area contributed by atoms with E-state index in [-0.39, 0.29) is 5.82 Å². The summed E-state index contributed by atoms with van der Waals surface area (Å²) in [4.78, 5) is 4.79. The van der Waals surface area contributed by atoms with Crippen LogP contribution in [0.25, 0.3) is 33.3 Å². The highest BCUT2D eigenvalue weighted by Gasteiger charge is 2.32. The number of anilines is 1. The van der Waals surface area contributed by atoms with E-state index in [1.807, 2.05) is 18.2 Å². The number of ether oxygens (including phenoxy) is 1. The number of fused-ring (bicyclic) bond motifs is 5. The van der Waals surface area contributed by atoms with E-state index in [2.05, 4.69) is 50.6 Å². The molecule has 0 amide bonds. The number of benzene rings is 3. The summed E-state index contributed by atoms with van der Waals surface area (Å²) in [5.74, 6) is 0.560. The number of aromatic amines is 1. The van der Waals surface area contributed by atoms with Crippen LogP contribution in [-0.2, 0) is 13.0 Å². The number of piperazine rings is 1. The van der Waals surface area contributed by atoms with Crippen LogP contribution in [0, 0.1) is 17.1 Å². The number of hydrogen-bond donors (Lipinski definition) is 2. The van der Waals surface area contributed by atoms with Crippen LogP contribution >= 0.6 is 0 Å². The van der Waals surface area contributed by atoms with Crippen LogP contribution in [0.15, 0.2) is 42.5 Å². The predicted molar refractivity (Wildman–Crippen MR) is 141 cm³/mol. The molecule has 8 heteroatoms. The molecule has 3 aliphatic heterocycles. The number of nitrogens with one attached hydrogen (secondary N) is 2. The molecule has 0 aliphatic carbocycles. The first-order valence-corrected chi connectivity index (χ1v) is 12.8. The Balaban J connectivity index is 1.35. The fourth-order valence-electron chi connectivity index (χ4n) is 6.10. The molecule has 1 fully saturated rings. The Bertz CT molecular complexity index is 1590. The highest BCUT2D eigenvalue weighted by Crippen LogP contribution is 2.41. The molecule has 1 aromatic heterocycles. The quantitative estimate of drug-likeness (QED) is 0.438. The molecule has 2 N–H and O–H groups in total. The Morgan fingerprint density at radius 3 is 2.97 bits per heavy atom. The van der Waals surface area contributed by atoms with Gasteiger partial charge in [-0.1, -0.05) is 12.1 Å². The number of hydrogen-bond acceptors (Lipinski definition) is 6. The van der Waals surface area contributed by atoms with Crippen molar-refractivity contribution in [3.05, 3.63) is 65.0 Å². The largest absolute Gasteiger partial charge is 0.489 e. The molecule has 0 saturated carbocycles. The highest BCUT2D eigenvalue weighted by atomic mass is 19.1. The summed E-state index contributed by atoms with van der Waals surface area (Å²) in [6, 6.07) is 15.9. The van der Waals surface area contributed by atoms with Crippen LogP contribution in [0.3, 0.4) is 0 Å². The minimum atomic E-state index is -0.301. The van der Waals surface area contributed by atoms with Crippen molar-refractivity contribution in [3.8, 4) is 34.2 Å². The van der Waals surface area contributed by atoms with E-state index in [1.165, 1.54) is 6.07 Å². The van der Waals surface area contributed by atoms with E-state index in [0.29, 0.717) is 35.9 Å². The average Bonchev–Trinajstić information content (AvgIpc) is 3.34.